The minimum Gasteiger partial charge on any atom is -0.396 e. The maximum atomic E-state index is 9.35. The molecule has 0 aromatic carbocycles. The van der Waals surface area contributed by atoms with Gasteiger partial charge in [0.15, 0.2) is 0 Å². The third-order valence-corrected chi connectivity index (χ3v) is 9.00. The van der Waals surface area contributed by atoms with Crippen LogP contribution in [0.2, 0.25) is 0 Å². The van der Waals surface area contributed by atoms with Crippen LogP contribution in [0.3, 0.4) is 0 Å². The van der Waals surface area contributed by atoms with Gasteiger partial charge in [-0.15, -0.1) is 0 Å². The van der Waals surface area contributed by atoms with Gasteiger partial charge in [0.1, 0.15) is 0 Å². The van der Waals surface area contributed by atoms with E-state index in [0.29, 0.717) is 6.61 Å². The number of aliphatic hydroxyl groups is 1. The smallest absolute Gasteiger partial charge is 0.0482 e. The summed E-state index contributed by atoms with van der Waals surface area (Å²) in [5, 5.41) is 12.2. The topological polar surface area (TPSA) is 20.2 Å². The van der Waals surface area contributed by atoms with Crippen molar-refractivity contribution >= 4 is 23.5 Å². The van der Waals surface area contributed by atoms with Crippen molar-refractivity contribution in [2.24, 2.45) is 5.41 Å². The van der Waals surface area contributed by atoms with Crippen LogP contribution in [-0.2, 0) is 0 Å². The van der Waals surface area contributed by atoms with Gasteiger partial charge in [-0.2, -0.15) is 23.5 Å². The van der Waals surface area contributed by atoms with Crippen molar-refractivity contribution in [1.82, 2.24) is 0 Å². The highest BCUT2D eigenvalue weighted by Gasteiger charge is 2.23. The van der Waals surface area contributed by atoms with Crippen LogP contribution < -0.4 is 0 Å². The summed E-state index contributed by atoms with van der Waals surface area (Å²) in [4.78, 5) is 0. The van der Waals surface area contributed by atoms with Gasteiger partial charge in [-0.25, -0.2) is 0 Å². The molecular formula is C21H40OS2. The van der Waals surface area contributed by atoms with Crippen LogP contribution in [0.25, 0.3) is 0 Å². The van der Waals surface area contributed by atoms with Crippen LogP contribution in [-0.4, -0.2) is 33.2 Å². The summed E-state index contributed by atoms with van der Waals surface area (Å²) in [7, 11) is 0. The molecule has 2 aliphatic heterocycles. The van der Waals surface area contributed by atoms with E-state index in [0.717, 1.165) is 15.7 Å². The first-order valence-electron chi connectivity index (χ1n) is 10.5. The molecule has 3 unspecified atom stereocenters. The average molecular weight is 373 g/mol. The molecule has 0 bridgehead atoms. The van der Waals surface area contributed by atoms with E-state index in [9.17, 15) is 5.11 Å². The molecule has 0 radical (unpaired) electrons. The molecule has 0 spiro atoms. The van der Waals surface area contributed by atoms with E-state index in [2.05, 4.69) is 37.4 Å². The molecule has 2 saturated heterocycles. The minimum atomic E-state index is 0.124. The SMILES string of the molecule is CC(C)(CO)CCCCC1CCCC(CCCC2CCCCS2)S1. The quantitative estimate of drug-likeness (QED) is 0.432. The molecule has 3 atom stereocenters. The van der Waals surface area contributed by atoms with Crippen LogP contribution in [0.1, 0.15) is 97.3 Å². The Kier molecular flexibility index (Phi) is 9.95. The van der Waals surface area contributed by atoms with E-state index in [1.807, 2.05) is 0 Å². The lowest BCUT2D eigenvalue weighted by Gasteiger charge is -2.30. The second-order valence-electron chi connectivity index (χ2n) is 8.80. The summed E-state index contributed by atoms with van der Waals surface area (Å²) < 4.78 is 0. The van der Waals surface area contributed by atoms with Gasteiger partial charge in [0.2, 0.25) is 0 Å². The summed E-state index contributed by atoms with van der Waals surface area (Å²) in [6, 6.07) is 0. The molecule has 0 aromatic rings. The van der Waals surface area contributed by atoms with Gasteiger partial charge < -0.3 is 5.11 Å². The Bertz CT molecular complexity index is 326. The number of hydrogen-bond acceptors (Lipinski definition) is 3. The van der Waals surface area contributed by atoms with Gasteiger partial charge in [-0.3, -0.25) is 0 Å². The van der Waals surface area contributed by atoms with Crippen LogP contribution in [0, 0.1) is 5.41 Å². The van der Waals surface area contributed by atoms with Crippen molar-refractivity contribution in [1.29, 1.82) is 0 Å². The standard InChI is InChI=1S/C21H40OS2/c1-21(2,17-22)15-5-3-10-19-13-8-14-20(24-19)12-7-11-18-9-4-6-16-23-18/h18-20,22H,3-17H2,1-2H3. The highest BCUT2D eigenvalue weighted by molar-refractivity contribution is 8.00. The van der Waals surface area contributed by atoms with Crippen molar-refractivity contribution in [3.63, 3.8) is 0 Å². The zero-order valence-electron chi connectivity index (χ0n) is 16.1. The molecule has 2 heterocycles. The molecule has 142 valence electrons. The van der Waals surface area contributed by atoms with E-state index >= 15 is 0 Å². The van der Waals surface area contributed by atoms with Crippen LogP contribution in [0.5, 0.6) is 0 Å². The molecule has 0 aliphatic carbocycles. The lowest BCUT2D eigenvalue weighted by Crippen LogP contribution is -2.19. The number of aliphatic hydroxyl groups excluding tert-OH is 1. The summed E-state index contributed by atoms with van der Waals surface area (Å²) in [5.74, 6) is 1.41. The molecule has 0 saturated carbocycles. The van der Waals surface area contributed by atoms with Crippen molar-refractivity contribution < 1.29 is 5.11 Å². The molecule has 3 heteroatoms. The average Bonchev–Trinajstić information content (AvgIpc) is 2.60. The van der Waals surface area contributed by atoms with Crippen LogP contribution >= 0.6 is 23.5 Å². The number of unbranched alkanes of at least 4 members (excludes halogenated alkanes) is 1. The van der Waals surface area contributed by atoms with Crippen molar-refractivity contribution in [3.8, 4) is 0 Å². The van der Waals surface area contributed by atoms with Crippen LogP contribution in [0.4, 0.5) is 0 Å². The summed E-state index contributed by atoms with van der Waals surface area (Å²) in [6.07, 6.45) is 18.4. The summed E-state index contributed by atoms with van der Waals surface area (Å²) >= 11 is 4.57. The van der Waals surface area contributed by atoms with E-state index in [1.165, 1.54) is 89.2 Å². The molecule has 1 N–H and O–H groups in total. The van der Waals surface area contributed by atoms with Gasteiger partial charge in [0, 0.05) is 22.4 Å². The maximum Gasteiger partial charge on any atom is 0.0482 e. The number of rotatable bonds is 10. The lowest BCUT2D eigenvalue weighted by atomic mass is 9.88. The first-order valence-corrected chi connectivity index (χ1v) is 12.5. The van der Waals surface area contributed by atoms with Crippen molar-refractivity contribution in [2.75, 3.05) is 12.4 Å². The van der Waals surface area contributed by atoms with E-state index in [1.54, 1.807) is 0 Å². The van der Waals surface area contributed by atoms with Gasteiger partial charge in [-0.05, 0) is 62.5 Å². The molecule has 24 heavy (non-hydrogen) atoms. The molecule has 1 nitrogen and oxygen atoms in total. The molecule has 2 fully saturated rings. The van der Waals surface area contributed by atoms with E-state index < -0.39 is 0 Å². The third kappa shape index (κ3) is 8.36. The van der Waals surface area contributed by atoms with Crippen molar-refractivity contribution in [2.45, 2.75) is 113 Å². The Labute approximate surface area is 159 Å². The first kappa shape index (κ1) is 21.0. The largest absolute Gasteiger partial charge is 0.396 e. The second kappa shape index (κ2) is 11.4. The molecule has 2 rings (SSSR count). The predicted octanol–water partition coefficient (Wildman–Crippen LogP) is 6.68. The predicted molar refractivity (Wildman–Crippen MR) is 112 cm³/mol. The highest BCUT2D eigenvalue weighted by Crippen LogP contribution is 2.38. The van der Waals surface area contributed by atoms with Gasteiger partial charge in [-0.1, -0.05) is 46.0 Å². The number of thioether (sulfide) groups is 2. The van der Waals surface area contributed by atoms with Gasteiger partial charge >= 0.3 is 0 Å². The van der Waals surface area contributed by atoms with Gasteiger partial charge in [0.25, 0.3) is 0 Å². The fourth-order valence-electron chi connectivity index (χ4n) is 4.07. The monoisotopic (exact) mass is 372 g/mol. The summed E-state index contributed by atoms with van der Waals surface area (Å²) in [6.45, 7) is 4.69. The molecule has 0 aromatic heterocycles. The maximum absolute atomic E-state index is 9.35. The molecule has 2 aliphatic rings. The lowest BCUT2D eigenvalue weighted by molar-refractivity contribution is 0.147. The molecular weight excluding hydrogens is 332 g/mol. The molecule has 0 amide bonds. The second-order valence-corrected chi connectivity index (χ2v) is 11.8. The summed E-state index contributed by atoms with van der Waals surface area (Å²) in [5.41, 5.74) is 0.124. The zero-order valence-corrected chi connectivity index (χ0v) is 17.7. The Morgan fingerprint density at radius 3 is 2.17 bits per heavy atom. The van der Waals surface area contributed by atoms with Crippen molar-refractivity contribution in [3.05, 3.63) is 0 Å². The Balaban J connectivity index is 1.54. The fourth-order valence-corrected chi connectivity index (χ4v) is 7.20. The number of hydrogen-bond donors (Lipinski definition) is 1. The van der Waals surface area contributed by atoms with E-state index in [-0.39, 0.29) is 5.41 Å². The highest BCUT2D eigenvalue weighted by atomic mass is 32.2. The Morgan fingerprint density at radius 1 is 0.833 bits per heavy atom. The van der Waals surface area contributed by atoms with E-state index in [4.69, 9.17) is 0 Å². The minimum absolute atomic E-state index is 0.124. The Hall–Kier alpha value is 0.660. The van der Waals surface area contributed by atoms with Gasteiger partial charge in [0.05, 0.1) is 0 Å². The van der Waals surface area contributed by atoms with Crippen LogP contribution in [0.15, 0.2) is 0 Å². The fraction of sp³-hybridized carbons (Fsp3) is 1.00. The zero-order chi connectivity index (χ0) is 17.3. The Morgan fingerprint density at radius 2 is 1.50 bits per heavy atom. The first-order chi connectivity index (χ1) is 11.6. The normalized spacial score (nSPS) is 28.9. The third-order valence-electron chi connectivity index (χ3n) is 5.82.